The highest BCUT2D eigenvalue weighted by Crippen LogP contribution is 2.33. The maximum Gasteiger partial charge on any atom is 0.224 e. The number of carbonyl (C=O) groups is 1. The highest BCUT2D eigenvalue weighted by atomic mass is 35.5. The lowest BCUT2D eigenvalue weighted by Gasteiger charge is -2.16. The van der Waals surface area contributed by atoms with Crippen LogP contribution in [0.4, 0.5) is 5.69 Å². The van der Waals surface area contributed by atoms with Crippen LogP contribution in [0.5, 0.6) is 11.5 Å². The molecule has 1 atom stereocenters. The van der Waals surface area contributed by atoms with E-state index in [0.29, 0.717) is 27.8 Å². The SMILES string of the molecule is COc1ccc(C(O)CCC(=O)Nc2cc(Cl)c(Cl)cc2Cl)c(OC)c1. The Morgan fingerprint density at radius 2 is 1.77 bits per heavy atom. The minimum absolute atomic E-state index is 0.0763. The number of methoxy groups -OCH3 is 2. The molecule has 5 nitrogen and oxygen atoms in total. The van der Waals surface area contributed by atoms with Crippen LogP contribution < -0.4 is 14.8 Å². The Balaban J connectivity index is 2.00. The van der Waals surface area contributed by atoms with E-state index in [9.17, 15) is 9.90 Å². The second-order valence-electron chi connectivity index (χ2n) is 5.46. The van der Waals surface area contributed by atoms with E-state index in [1.165, 1.54) is 19.2 Å². The van der Waals surface area contributed by atoms with E-state index >= 15 is 0 Å². The lowest BCUT2D eigenvalue weighted by molar-refractivity contribution is -0.116. The monoisotopic (exact) mass is 417 g/mol. The van der Waals surface area contributed by atoms with Crippen molar-refractivity contribution >= 4 is 46.4 Å². The summed E-state index contributed by atoms with van der Waals surface area (Å²) < 4.78 is 10.4. The molecule has 0 radical (unpaired) electrons. The van der Waals surface area contributed by atoms with Gasteiger partial charge in [-0.1, -0.05) is 34.8 Å². The number of carbonyl (C=O) groups excluding carboxylic acids is 1. The second kappa shape index (κ2) is 9.33. The molecule has 0 aliphatic rings. The summed E-state index contributed by atoms with van der Waals surface area (Å²) in [7, 11) is 3.05. The molecular formula is C18H18Cl3NO4. The molecule has 0 fully saturated rings. The molecule has 8 heteroatoms. The summed E-state index contributed by atoms with van der Waals surface area (Å²) in [4.78, 5) is 12.1. The number of halogens is 3. The Hall–Kier alpha value is -1.66. The molecule has 0 heterocycles. The molecule has 0 aliphatic heterocycles. The van der Waals surface area contributed by atoms with Crippen molar-refractivity contribution in [3.63, 3.8) is 0 Å². The van der Waals surface area contributed by atoms with Crippen molar-refractivity contribution in [1.29, 1.82) is 0 Å². The quantitative estimate of drug-likeness (QED) is 0.613. The van der Waals surface area contributed by atoms with E-state index < -0.39 is 6.10 Å². The first-order valence-electron chi connectivity index (χ1n) is 7.70. The predicted molar refractivity (Wildman–Crippen MR) is 104 cm³/mol. The summed E-state index contributed by atoms with van der Waals surface area (Å²) in [5.74, 6) is 0.798. The lowest BCUT2D eigenvalue weighted by atomic mass is 10.0. The van der Waals surface area contributed by atoms with E-state index in [1.807, 2.05) is 0 Å². The summed E-state index contributed by atoms with van der Waals surface area (Å²) in [6, 6.07) is 8.03. The van der Waals surface area contributed by atoms with Crippen LogP contribution in [0.3, 0.4) is 0 Å². The van der Waals surface area contributed by atoms with Gasteiger partial charge in [0.2, 0.25) is 5.91 Å². The fourth-order valence-corrected chi connectivity index (χ4v) is 2.94. The van der Waals surface area contributed by atoms with Gasteiger partial charge in [-0.2, -0.15) is 0 Å². The fraction of sp³-hybridized carbons (Fsp3) is 0.278. The zero-order chi connectivity index (χ0) is 19.3. The molecule has 2 aromatic carbocycles. The third-order valence-electron chi connectivity index (χ3n) is 3.73. The average Bonchev–Trinajstić information content (AvgIpc) is 2.63. The molecular weight excluding hydrogens is 401 g/mol. The van der Waals surface area contributed by atoms with Crippen LogP contribution in [0, 0.1) is 0 Å². The number of benzene rings is 2. The molecule has 0 aromatic heterocycles. The van der Waals surface area contributed by atoms with Crippen molar-refractivity contribution in [1.82, 2.24) is 0 Å². The third-order valence-corrected chi connectivity index (χ3v) is 4.76. The van der Waals surface area contributed by atoms with Crippen LogP contribution in [0.2, 0.25) is 15.1 Å². The van der Waals surface area contributed by atoms with Gasteiger partial charge >= 0.3 is 0 Å². The van der Waals surface area contributed by atoms with Crippen molar-refractivity contribution in [2.45, 2.75) is 18.9 Å². The minimum atomic E-state index is -0.870. The highest BCUT2D eigenvalue weighted by Gasteiger charge is 2.17. The Labute approximate surface area is 166 Å². The first kappa shape index (κ1) is 20.6. The average molecular weight is 419 g/mol. The predicted octanol–water partition coefficient (Wildman–Crippen LogP) is 5.12. The van der Waals surface area contributed by atoms with Crippen LogP contribution in [0.25, 0.3) is 0 Å². The van der Waals surface area contributed by atoms with Gasteiger partial charge in [0, 0.05) is 18.1 Å². The van der Waals surface area contributed by atoms with Crippen molar-refractivity contribution in [3.05, 3.63) is 51.0 Å². The van der Waals surface area contributed by atoms with E-state index in [-0.39, 0.29) is 28.8 Å². The van der Waals surface area contributed by atoms with E-state index in [1.54, 1.807) is 25.3 Å². The summed E-state index contributed by atoms with van der Waals surface area (Å²) in [6.07, 6.45) is -0.591. The normalized spacial score (nSPS) is 11.8. The number of hydrogen-bond donors (Lipinski definition) is 2. The molecule has 2 rings (SSSR count). The summed E-state index contributed by atoms with van der Waals surface area (Å²) in [5.41, 5.74) is 0.941. The topological polar surface area (TPSA) is 67.8 Å². The molecule has 1 amide bonds. The number of rotatable bonds is 7. The fourth-order valence-electron chi connectivity index (χ4n) is 2.35. The van der Waals surface area contributed by atoms with Gasteiger partial charge in [0.15, 0.2) is 0 Å². The molecule has 2 N–H and O–H groups in total. The van der Waals surface area contributed by atoms with Crippen LogP contribution in [0.1, 0.15) is 24.5 Å². The van der Waals surface area contributed by atoms with Gasteiger partial charge < -0.3 is 19.9 Å². The minimum Gasteiger partial charge on any atom is -0.497 e. The van der Waals surface area contributed by atoms with Gasteiger partial charge in [0.1, 0.15) is 11.5 Å². The Morgan fingerprint density at radius 1 is 1.08 bits per heavy atom. The smallest absolute Gasteiger partial charge is 0.224 e. The zero-order valence-electron chi connectivity index (χ0n) is 14.2. The van der Waals surface area contributed by atoms with Crippen LogP contribution in [0.15, 0.2) is 30.3 Å². The first-order chi connectivity index (χ1) is 12.3. The molecule has 26 heavy (non-hydrogen) atoms. The van der Waals surface area contributed by atoms with Crippen LogP contribution in [-0.2, 0) is 4.79 Å². The standard InChI is InChI=1S/C18H18Cl3NO4/c1-25-10-3-4-11(17(7-10)26-2)16(23)5-6-18(24)22-15-9-13(20)12(19)8-14(15)21/h3-4,7-9,16,23H,5-6H2,1-2H3,(H,22,24). The maximum absolute atomic E-state index is 12.1. The number of ether oxygens (including phenoxy) is 2. The van der Waals surface area contributed by atoms with Gasteiger partial charge in [0.25, 0.3) is 0 Å². The number of anilines is 1. The number of aliphatic hydroxyl groups is 1. The third kappa shape index (κ3) is 5.17. The molecule has 0 bridgehead atoms. The molecule has 2 aromatic rings. The Bertz CT molecular complexity index is 798. The Morgan fingerprint density at radius 3 is 2.42 bits per heavy atom. The Kier molecular flexibility index (Phi) is 7.41. The van der Waals surface area contributed by atoms with Crippen LogP contribution in [-0.4, -0.2) is 25.2 Å². The largest absolute Gasteiger partial charge is 0.497 e. The molecule has 140 valence electrons. The van der Waals surface area contributed by atoms with Crippen molar-refractivity contribution in [2.75, 3.05) is 19.5 Å². The van der Waals surface area contributed by atoms with Crippen molar-refractivity contribution in [2.24, 2.45) is 0 Å². The van der Waals surface area contributed by atoms with Crippen molar-refractivity contribution in [3.8, 4) is 11.5 Å². The van der Waals surface area contributed by atoms with Gasteiger partial charge in [-0.15, -0.1) is 0 Å². The molecule has 0 spiro atoms. The number of hydrogen-bond acceptors (Lipinski definition) is 4. The van der Waals surface area contributed by atoms with E-state index in [0.717, 1.165) is 0 Å². The molecule has 0 saturated heterocycles. The van der Waals surface area contributed by atoms with Gasteiger partial charge in [0.05, 0.1) is 41.1 Å². The molecule has 0 saturated carbocycles. The molecule has 1 unspecified atom stereocenters. The van der Waals surface area contributed by atoms with Crippen LogP contribution >= 0.6 is 34.8 Å². The maximum atomic E-state index is 12.1. The lowest BCUT2D eigenvalue weighted by Crippen LogP contribution is -2.13. The zero-order valence-corrected chi connectivity index (χ0v) is 16.5. The number of nitrogens with one attached hydrogen (secondary N) is 1. The van der Waals surface area contributed by atoms with E-state index in [4.69, 9.17) is 44.3 Å². The van der Waals surface area contributed by atoms with Gasteiger partial charge in [-0.05, 0) is 30.7 Å². The second-order valence-corrected chi connectivity index (χ2v) is 6.68. The first-order valence-corrected chi connectivity index (χ1v) is 8.83. The van der Waals surface area contributed by atoms with Gasteiger partial charge in [-0.25, -0.2) is 0 Å². The number of aliphatic hydroxyl groups excluding tert-OH is 1. The highest BCUT2D eigenvalue weighted by molar-refractivity contribution is 6.44. The number of amides is 1. The van der Waals surface area contributed by atoms with E-state index in [2.05, 4.69) is 5.32 Å². The van der Waals surface area contributed by atoms with Crippen molar-refractivity contribution < 1.29 is 19.4 Å². The summed E-state index contributed by atoms with van der Waals surface area (Å²) in [5, 5.41) is 13.9. The van der Waals surface area contributed by atoms with Gasteiger partial charge in [-0.3, -0.25) is 4.79 Å². The summed E-state index contributed by atoms with van der Waals surface area (Å²) >= 11 is 17.8. The summed E-state index contributed by atoms with van der Waals surface area (Å²) in [6.45, 7) is 0. The molecule has 0 aliphatic carbocycles.